The number of amides is 1. The predicted octanol–water partition coefficient (Wildman–Crippen LogP) is 3.91. The van der Waals surface area contributed by atoms with E-state index in [0.29, 0.717) is 21.4 Å². The van der Waals surface area contributed by atoms with E-state index in [0.717, 1.165) is 12.8 Å². The number of hydrogen-bond acceptors (Lipinski definition) is 3. The molecule has 1 N–H and O–H groups in total. The van der Waals surface area contributed by atoms with E-state index in [-0.39, 0.29) is 5.91 Å². The molecule has 0 saturated carbocycles. The summed E-state index contributed by atoms with van der Waals surface area (Å²) in [5, 5.41) is 2.73. The van der Waals surface area contributed by atoms with Crippen LogP contribution < -0.4 is 5.32 Å². The molecule has 1 rings (SSSR count). The van der Waals surface area contributed by atoms with Gasteiger partial charge in [-0.2, -0.15) is 0 Å². The van der Waals surface area contributed by atoms with E-state index in [4.69, 9.17) is 0 Å². The maximum atomic E-state index is 11.6. The second-order valence-corrected chi connectivity index (χ2v) is 5.25. The lowest BCUT2D eigenvalue weighted by Gasteiger charge is -2.05. The van der Waals surface area contributed by atoms with E-state index in [9.17, 15) is 4.79 Å². The molecule has 0 aliphatic heterocycles. The average Bonchev–Trinajstić information content (AvgIpc) is 2.28. The molecule has 0 bridgehead atoms. The highest BCUT2D eigenvalue weighted by atomic mass is 79.9. The van der Waals surface area contributed by atoms with Gasteiger partial charge in [-0.3, -0.25) is 4.79 Å². The van der Waals surface area contributed by atoms with Crippen LogP contribution in [0.15, 0.2) is 15.4 Å². The molecule has 0 fully saturated rings. The molecule has 0 unspecified atom stereocenters. The summed E-state index contributed by atoms with van der Waals surface area (Å²) in [5.41, 5.74) is 0. The Labute approximate surface area is 118 Å². The van der Waals surface area contributed by atoms with Crippen molar-refractivity contribution in [1.82, 2.24) is 9.97 Å². The lowest BCUT2D eigenvalue weighted by Crippen LogP contribution is -2.13. The topological polar surface area (TPSA) is 54.9 Å². The molecular formula is C11H15Br2N3O. The van der Waals surface area contributed by atoms with E-state index < -0.39 is 0 Å². The van der Waals surface area contributed by atoms with Crippen molar-refractivity contribution in [2.45, 2.75) is 39.0 Å². The van der Waals surface area contributed by atoms with Crippen molar-refractivity contribution in [3.63, 3.8) is 0 Å². The Kier molecular flexibility index (Phi) is 6.65. The van der Waals surface area contributed by atoms with Gasteiger partial charge in [0, 0.05) is 6.42 Å². The largest absolute Gasteiger partial charge is 0.308 e. The number of halogens is 2. The molecule has 6 heteroatoms. The standard InChI is InChI=1S/C11H15Br2N3O/c1-2-3-4-5-6-9(17)16-11-10(13)15-8(12)7-14-11/h7H,2-6H2,1H3,(H,14,16,17). The van der Waals surface area contributed by atoms with Gasteiger partial charge >= 0.3 is 0 Å². The zero-order valence-corrected chi connectivity index (χ0v) is 12.8. The molecule has 0 saturated heterocycles. The second-order valence-electron chi connectivity index (χ2n) is 3.69. The summed E-state index contributed by atoms with van der Waals surface area (Å²) in [6.45, 7) is 2.15. The van der Waals surface area contributed by atoms with Crippen LogP contribution in [0.5, 0.6) is 0 Å². The highest BCUT2D eigenvalue weighted by Crippen LogP contribution is 2.19. The summed E-state index contributed by atoms with van der Waals surface area (Å²) in [5.74, 6) is 0.451. The quantitative estimate of drug-likeness (QED) is 0.778. The van der Waals surface area contributed by atoms with Crippen molar-refractivity contribution < 1.29 is 4.79 Å². The Morgan fingerprint density at radius 2 is 2.12 bits per heavy atom. The van der Waals surface area contributed by atoms with Crippen molar-refractivity contribution in [2.24, 2.45) is 0 Å². The molecule has 0 aromatic carbocycles. The molecule has 0 atom stereocenters. The number of hydrogen-bond donors (Lipinski definition) is 1. The summed E-state index contributed by atoms with van der Waals surface area (Å²) in [6.07, 6.45) is 6.44. The first kappa shape index (κ1) is 14.6. The summed E-state index contributed by atoms with van der Waals surface area (Å²) in [7, 11) is 0. The Morgan fingerprint density at radius 3 is 2.76 bits per heavy atom. The fraction of sp³-hybridized carbons (Fsp3) is 0.545. The van der Waals surface area contributed by atoms with Crippen LogP contribution in [0.25, 0.3) is 0 Å². The Hall–Kier alpha value is -0.490. The minimum atomic E-state index is -0.0153. The zero-order chi connectivity index (χ0) is 12.7. The maximum Gasteiger partial charge on any atom is 0.225 e. The first-order chi connectivity index (χ1) is 8.13. The van der Waals surface area contributed by atoms with Crippen molar-refractivity contribution in [2.75, 3.05) is 5.32 Å². The van der Waals surface area contributed by atoms with Gasteiger partial charge in [-0.05, 0) is 38.3 Å². The predicted molar refractivity (Wildman–Crippen MR) is 74.8 cm³/mol. The van der Waals surface area contributed by atoms with E-state index in [1.807, 2.05) is 0 Å². The summed E-state index contributed by atoms with van der Waals surface area (Å²) in [4.78, 5) is 19.8. The monoisotopic (exact) mass is 363 g/mol. The van der Waals surface area contributed by atoms with Gasteiger partial charge in [-0.25, -0.2) is 9.97 Å². The van der Waals surface area contributed by atoms with Crippen LogP contribution in [0.2, 0.25) is 0 Å². The van der Waals surface area contributed by atoms with Crippen molar-refractivity contribution in [1.29, 1.82) is 0 Å². The molecule has 0 aliphatic carbocycles. The van der Waals surface area contributed by atoms with Gasteiger partial charge in [0.1, 0.15) is 9.21 Å². The minimum absolute atomic E-state index is 0.0153. The number of unbranched alkanes of at least 4 members (excludes halogenated alkanes) is 3. The van der Waals surface area contributed by atoms with Gasteiger partial charge in [-0.1, -0.05) is 26.2 Å². The lowest BCUT2D eigenvalue weighted by molar-refractivity contribution is -0.116. The Bertz CT molecular complexity index is 385. The number of rotatable bonds is 6. The fourth-order valence-corrected chi connectivity index (χ4v) is 2.25. The zero-order valence-electron chi connectivity index (χ0n) is 9.67. The number of nitrogens with one attached hydrogen (secondary N) is 1. The summed E-state index contributed by atoms with van der Waals surface area (Å²) < 4.78 is 1.17. The Balaban J connectivity index is 2.40. The third kappa shape index (κ3) is 5.59. The van der Waals surface area contributed by atoms with Gasteiger partial charge in [0.15, 0.2) is 5.82 Å². The number of carbonyl (C=O) groups excluding carboxylic acids is 1. The highest BCUT2D eigenvalue weighted by molar-refractivity contribution is 9.11. The van der Waals surface area contributed by atoms with E-state index in [1.165, 1.54) is 12.8 Å². The van der Waals surface area contributed by atoms with Crippen LogP contribution in [0.3, 0.4) is 0 Å². The van der Waals surface area contributed by atoms with Gasteiger partial charge in [-0.15, -0.1) is 0 Å². The SMILES string of the molecule is CCCCCCC(=O)Nc1ncc(Br)nc1Br. The lowest BCUT2D eigenvalue weighted by atomic mass is 10.1. The molecule has 94 valence electrons. The number of nitrogens with zero attached hydrogens (tertiary/aromatic N) is 2. The third-order valence-corrected chi connectivity index (χ3v) is 3.15. The normalized spacial score (nSPS) is 10.3. The van der Waals surface area contributed by atoms with Crippen LogP contribution in [-0.2, 0) is 4.79 Å². The average molecular weight is 365 g/mol. The van der Waals surface area contributed by atoms with Gasteiger partial charge in [0.05, 0.1) is 6.20 Å². The second kappa shape index (κ2) is 7.76. The molecule has 1 amide bonds. The van der Waals surface area contributed by atoms with Crippen LogP contribution in [0.4, 0.5) is 5.82 Å². The number of aromatic nitrogens is 2. The summed E-state index contributed by atoms with van der Waals surface area (Å²) >= 11 is 6.46. The molecule has 17 heavy (non-hydrogen) atoms. The van der Waals surface area contributed by atoms with Crippen molar-refractivity contribution >= 4 is 43.6 Å². The van der Waals surface area contributed by atoms with E-state index >= 15 is 0 Å². The first-order valence-corrected chi connectivity index (χ1v) is 7.20. The third-order valence-electron chi connectivity index (χ3n) is 2.22. The van der Waals surface area contributed by atoms with Crippen LogP contribution >= 0.6 is 31.9 Å². The van der Waals surface area contributed by atoms with Crippen LogP contribution in [0, 0.1) is 0 Å². The van der Waals surface area contributed by atoms with Gasteiger partial charge in [0.25, 0.3) is 0 Å². The molecule has 1 aromatic heterocycles. The van der Waals surface area contributed by atoms with E-state index in [2.05, 4.69) is 54.1 Å². The fourth-order valence-electron chi connectivity index (χ4n) is 1.34. The molecule has 0 radical (unpaired) electrons. The van der Waals surface area contributed by atoms with Gasteiger partial charge in [0.2, 0.25) is 5.91 Å². The molecule has 4 nitrogen and oxygen atoms in total. The van der Waals surface area contributed by atoms with Gasteiger partial charge < -0.3 is 5.32 Å². The molecule has 0 spiro atoms. The smallest absolute Gasteiger partial charge is 0.225 e. The first-order valence-electron chi connectivity index (χ1n) is 5.61. The molecule has 1 aromatic rings. The summed E-state index contributed by atoms with van der Waals surface area (Å²) in [6, 6.07) is 0. The number of carbonyl (C=O) groups is 1. The van der Waals surface area contributed by atoms with Crippen LogP contribution in [-0.4, -0.2) is 15.9 Å². The van der Waals surface area contributed by atoms with E-state index in [1.54, 1.807) is 6.20 Å². The molecule has 0 aliphatic rings. The number of anilines is 1. The van der Waals surface area contributed by atoms with Crippen LogP contribution in [0.1, 0.15) is 39.0 Å². The highest BCUT2D eigenvalue weighted by Gasteiger charge is 2.07. The minimum Gasteiger partial charge on any atom is -0.308 e. The Morgan fingerprint density at radius 1 is 1.35 bits per heavy atom. The maximum absolute atomic E-state index is 11.6. The molecule has 1 heterocycles. The van der Waals surface area contributed by atoms with Crippen molar-refractivity contribution in [3.05, 3.63) is 15.4 Å². The molecular weight excluding hydrogens is 350 g/mol. The van der Waals surface area contributed by atoms with Crippen molar-refractivity contribution in [3.8, 4) is 0 Å².